The Labute approximate surface area is 216 Å². The maximum Gasteiger partial charge on any atom is 0.335 e. The molecular weight excluding hydrogens is 506 g/mol. The molecule has 0 spiro atoms. The summed E-state index contributed by atoms with van der Waals surface area (Å²) in [5.74, 6) is -3.00. The van der Waals surface area contributed by atoms with E-state index in [4.69, 9.17) is 11.6 Å². The standard InChI is InChI=1S/C27H25ClF2N2O5/c1-15(33)19-12-31(21-10-17(26(36)37)6-8-18(19)21)13-24(35)32-14-27(2,30)11-22(32)23(34)9-7-16-4-3-5-20(28)25(16)29/h3-6,8,10,12,22H,7,9,11,13-14H2,1-2H3,(H,36,37)/t22-,27+/m0/s1. The lowest BCUT2D eigenvalue weighted by Gasteiger charge is -2.24. The number of carbonyl (C=O) groups excluding carboxylic acids is 3. The number of benzene rings is 2. The molecule has 194 valence electrons. The molecule has 37 heavy (non-hydrogen) atoms. The summed E-state index contributed by atoms with van der Waals surface area (Å²) in [6.45, 7) is 2.05. The summed E-state index contributed by atoms with van der Waals surface area (Å²) in [6.07, 6.45) is 1.21. The van der Waals surface area contributed by atoms with Crippen molar-refractivity contribution in [1.82, 2.24) is 9.47 Å². The van der Waals surface area contributed by atoms with E-state index in [1.807, 2.05) is 0 Å². The van der Waals surface area contributed by atoms with Crippen LogP contribution in [0.3, 0.4) is 0 Å². The minimum Gasteiger partial charge on any atom is -0.478 e. The number of fused-ring (bicyclic) bond motifs is 1. The van der Waals surface area contributed by atoms with Crippen LogP contribution in [0.25, 0.3) is 10.9 Å². The second-order valence-electron chi connectivity index (χ2n) is 9.60. The summed E-state index contributed by atoms with van der Waals surface area (Å²) >= 11 is 5.81. The third-order valence-electron chi connectivity index (χ3n) is 6.67. The molecule has 1 aliphatic heterocycles. The van der Waals surface area contributed by atoms with Gasteiger partial charge in [0, 0.05) is 30.0 Å². The monoisotopic (exact) mass is 530 g/mol. The summed E-state index contributed by atoms with van der Waals surface area (Å²) < 4.78 is 30.7. The highest BCUT2D eigenvalue weighted by Crippen LogP contribution is 2.33. The Kier molecular flexibility index (Phi) is 7.19. The van der Waals surface area contributed by atoms with Crippen molar-refractivity contribution in [2.24, 2.45) is 0 Å². The van der Waals surface area contributed by atoms with E-state index in [1.54, 1.807) is 6.07 Å². The van der Waals surface area contributed by atoms with E-state index in [2.05, 4.69) is 0 Å². The molecule has 3 aromatic rings. The van der Waals surface area contributed by atoms with Gasteiger partial charge in [0.25, 0.3) is 0 Å². The van der Waals surface area contributed by atoms with Crippen LogP contribution in [-0.2, 0) is 22.6 Å². The lowest BCUT2D eigenvalue weighted by molar-refractivity contribution is -0.138. The van der Waals surface area contributed by atoms with Crippen LogP contribution in [0.1, 0.15) is 53.0 Å². The largest absolute Gasteiger partial charge is 0.478 e. The van der Waals surface area contributed by atoms with Crippen LogP contribution in [0.5, 0.6) is 0 Å². The number of amides is 1. The van der Waals surface area contributed by atoms with E-state index in [9.17, 15) is 28.7 Å². The molecule has 2 heterocycles. The highest BCUT2D eigenvalue weighted by molar-refractivity contribution is 6.30. The average molecular weight is 531 g/mol. The van der Waals surface area contributed by atoms with E-state index >= 15 is 4.39 Å². The number of ketones is 2. The summed E-state index contributed by atoms with van der Waals surface area (Å²) in [5, 5.41) is 9.79. The topological polar surface area (TPSA) is 96.7 Å². The zero-order chi connectivity index (χ0) is 27.1. The number of aromatic nitrogens is 1. The number of Topliss-reactive ketones (excluding diaryl/α,β-unsaturated/α-hetero) is 2. The number of nitrogens with zero attached hydrogens (tertiary/aromatic N) is 2. The Morgan fingerprint density at radius 2 is 1.92 bits per heavy atom. The van der Waals surface area contributed by atoms with Crippen LogP contribution >= 0.6 is 11.6 Å². The number of carboxylic acid groups (broad SMARTS) is 1. The number of halogens is 3. The zero-order valence-corrected chi connectivity index (χ0v) is 21.0. The van der Waals surface area contributed by atoms with Gasteiger partial charge in [-0.25, -0.2) is 13.6 Å². The molecule has 1 saturated heterocycles. The number of aryl methyl sites for hydroxylation is 1. The fourth-order valence-corrected chi connectivity index (χ4v) is 5.03. The van der Waals surface area contributed by atoms with Crippen LogP contribution in [-0.4, -0.2) is 56.3 Å². The van der Waals surface area contributed by atoms with Crippen molar-refractivity contribution in [2.75, 3.05) is 6.54 Å². The Hall–Kier alpha value is -3.59. The number of alkyl halides is 1. The first kappa shape index (κ1) is 26.5. The van der Waals surface area contributed by atoms with Crippen LogP contribution in [0.2, 0.25) is 5.02 Å². The normalized spacial score (nSPS) is 19.4. The highest BCUT2D eigenvalue weighted by atomic mass is 35.5. The molecule has 1 aromatic heterocycles. The van der Waals surface area contributed by atoms with Gasteiger partial charge in [0.2, 0.25) is 5.91 Å². The number of hydrogen-bond acceptors (Lipinski definition) is 4. The van der Waals surface area contributed by atoms with Gasteiger partial charge in [-0.15, -0.1) is 0 Å². The van der Waals surface area contributed by atoms with Gasteiger partial charge in [-0.2, -0.15) is 0 Å². The Morgan fingerprint density at radius 1 is 1.19 bits per heavy atom. The molecule has 0 bridgehead atoms. The molecule has 2 atom stereocenters. The summed E-state index contributed by atoms with van der Waals surface area (Å²) in [4.78, 5) is 51.2. The van der Waals surface area contributed by atoms with Crippen LogP contribution in [0, 0.1) is 5.82 Å². The van der Waals surface area contributed by atoms with E-state index in [1.165, 1.54) is 59.8 Å². The highest BCUT2D eigenvalue weighted by Gasteiger charge is 2.46. The number of likely N-dealkylation sites (tertiary alicyclic amines) is 1. The first-order chi connectivity index (χ1) is 17.4. The summed E-state index contributed by atoms with van der Waals surface area (Å²) in [6, 6.07) is 7.69. The van der Waals surface area contributed by atoms with E-state index in [-0.39, 0.29) is 54.3 Å². The molecule has 0 unspecified atom stereocenters. The molecule has 1 amide bonds. The fraction of sp³-hybridized carbons (Fsp3) is 0.333. The zero-order valence-electron chi connectivity index (χ0n) is 20.3. The third kappa shape index (κ3) is 5.41. The van der Waals surface area contributed by atoms with Crippen molar-refractivity contribution in [1.29, 1.82) is 0 Å². The maximum absolute atomic E-state index is 15.0. The SMILES string of the molecule is CC(=O)c1cn(CC(=O)N2C[C@](C)(F)C[C@H]2C(=O)CCc2cccc(Cl)c2F)c2cc(C(=O)O)ccc12. The molecule has 1 fully saturated rings. The molecule has 2 aromatic carbocycles. The van der Waals surface area contributed by atoms with Crippen molar-refractivity contribution in [3.8, 4) is 0 Å². The number of aromatic carboxylic acids is 1. The number of hydrogen-bond donors (Lipinski definition) is 1. The molecular formula is C27H25ClF2N2O5. The lowest BCUT2D eigenvalue weighted by Crippen LogP contribution is -2.42. The Bertz CT molecular complexity index is 1430. The Balaban J connectivity index is 1.58. The maximum atomic E-state index is 15.0. The molecule has 0 aliphatic carbocycles. The van der Waals surface area contributed by atoms with Crippen molar-refractivity contribution >= 4 is 45.9 Å². The van der Waals surface area contributed by atoms with Gasteiger partial charge in [-0.05, 0) is 44.0 Å². The fourth-order valence-electron chi connectivity index (χ4n) is 4.83. The van der Waals surface area contributed by atoms with Gasteiger partial charge in [0.15, 0.2) is 11.6 Å². The van der Waals surface area contributed by atoms with Gasteiger partial charge in [-0.3, -0.25) is 14.4 Å². The van der Waals surface area contributed by atoms with Crippen LogP contribution in [0.15, 0.2) is 42.6 Å². The van der Waals surface area contributed by atoms with E-state index in [0.29, 0.717) is 16.5 Å². The van der Waals surface area contributed by atoms with Crippen LogP contribution < -0.4 is 0 Å². The van der Waals surface area contributed by atoms with Gasteiger partial charge < -0.3 is 14.6 Å². The Morgan fingerprint density at radius 3 is 2.59 bits per heavy atom. The van der Waals surface area contributed by atoms with Crippen LogP contribution in [0.4, 0.5) is 8.78 Å². The summed E-state index contributed by atoms with van der Waals surface area (Å²) in [5.41, 5.74) is -0.887. The van der Waals surface area contributed by atoms with Crippen molar-refractivity contribution in [2.45, 2.75) is 51.4 Å². The third-order valence-corrected chi connectivity index (χ3v) is 6.97. The molecule has 0 saturated carbocycles. The molecule has 1 N–H and O–H groups in total. The first-order valence-electron chi connectivity index (χ1n) is 11.7. The molecule has 1 aliphatic rings. The minimum atomic E-state index is -1.79. The van der Waals surface area contributed by atoms with Gasteiger partial charge in [-0.1, -0.05) is 29.8 Å². The predicted molar refractivity (Wildman–Crippen MR) is 133 cm³/mol. The van der Waals surface area contributed by atoms with E-state index < -0.39 is 35.2 Å². The first-order valence-corrected chi connectivity index (χ1v) is 12.1. The second-order valence-corrected chi connectivity index (χ2v) is 10.0. The number of rotatable bonds is 8. The minimum absolute atomic E-state index is 0.0202. The van der Waals surface area contributed by atoms with E-state index in [0.717, 1.165) is 0 Å². The van der Waals surface area contributed by atoms with Gasteiger partial charge >= 0.3 is 5.97 Å². The second kappa shape index (κ2) is 10.0. The summed E-state index contributed by atoms with van der Waals surface area (Å²) in [7, 11) is 0. The van der Waals surface area contributed by atoms with Crippen molar-refractivity contribution in [3.63, 3.8) is 0 Å². The quantitative estimate of drug-likeness (QED) is 0.419. The lowest BCUT2D eigenvalue weighted by atomic mass is 9.98. The predicted octanol–water partition coefficient (Wildman–Crippen LogP) is 4.87. The average Bonchev–Trinajstić information content (AvgIpc) is 3.36. The molecule has 10 heteroatoms. The van der Waals surface area contributed by atoms with Crippen molar-refractivity contribution in [3.05, 3.63) is 70.1 Å². The number of carbonyl (C=O) groups is 4. The van der Waals surface area contributed by atoms with Crippen molar-refractivity contribution < 1.29 is 33.1 Å². The van der Waals surface area contributed by atoms with Gasteiger partial charge in [0.05, 0.1) is 28.7 Å². The van der Waals surface area contributed by atoms with Gasteiger partial charge in [0.1, 0.15) is 18.0 Å². The molecule has 4 rings (SSSR count). The number of carboxylic acids is 1. The smallest absolute Gasteiger partial charge is 0.335 e. The molecule has 7 nitrogen and oxygen atoms in total. The molecule has 0 radical (unpaired) electrons.